The Morgan fingerprint density at radius 3 is 2.51 bits per heavy atom. The van der Waals surface area contributed by atoms with Crippen molar-refractivity contribution < 1.29 is 19.1 Å². The van der Waals surface area contributed by atoms with Crippen LogP contribution in [0, 0.1) is 6.92 Å². The minimum atomic E-state index is -0.992. The number of amides is 2. The van der Waals surface area contributed by atoms with Crippen LogP contribution >= 0.6 is 23.2 Å². The SMILES string of the molecule is Cc1cc(OC[C@@]2(CC(=O)N(C)Cc3ccccc3)CN(C(=O)CCc3ccccc3Cl)CCO2)ccc1Cl. The number of rotatable bonds is 10. The zero-order valence-corrected chi connectivity index (χ0v) is 23.9. The van der Waals surface area contributed by atoms with Crippen molar-refractivity contribution >= 4 is 35.0 Å². The van der Waals surface area contributed by atoms with Gasteiger partial charge in [-0.3, -0.25) is 9.59 Å². The van der Waals surface area contributed by atoms with Crippen LogP contribution in [0.4, 0.5) is 0 Å². The van der Waals surface area contributed by atoms with Crippen molar-refractivity contribution in [3.05, 3.63) is 99.5 Å². The third-order valence-electron chi connectivity index (χ3n) is 6.96. The molecular weight excluding hydrogens is 535 g/mol. The van der Waals surface area contributed by atoms with Gasteiger partial charge in [-0.25, -0.2) is 0 Å². The number of carbonyl (C=O) groups is 2. The van der Waals surface area contributed by atoms with Gasteiger partial charge in [0, 0.05) is 36.6 Å². The van der Waals surface area contributed by atoms with Gasteiger partial charge in [0.1, 0.15) is 18.0 Å². The summed E-state index contributed by atoms with van der Waals surface area (Å²) in [5, 5.41) is 1.30. The third kappa shape index (κ3) is 7.98. The summed E-state index contributed by atoms with van der Waals surface area (Å²) in [6, 6.07) is 22.8. The molecule has 0 bridgehead atoms. The van der Waals surface area contributed by atoms with E-state index in [1.54, 1.807) is 29.0 Å². The maximum absolute atomic E-state index is 13.4. The van der Waals surface area contributed by atoms with Crippen LogP contribution in [0.5, 0.6) is 5.75 Å². The second-order valence-electron chi connectivity index (χ2n) is 10.1. The van der Waals surface area contributed by atoms with E-state index in [9.17, 15) is 9.59 Å². The van der Waals surface area contributed by atoms with Gasteiger partial charge in [-0.15, -0.1) is 0 Å². The Morgan fingerprint density at radius 1 is 1.03 bits per heavy atom. The van der Waals surface area contributed by atoms with Gasteiger partial charge < -0.3 is 19.3 Å². The molecule has 8 heteroatoms. The minimum Gasteiger partial charge on any atom is -0.490 e. The highest BCUT2D eigenvalue weighted by atomic mass is 35.5. The fraction of sp³-hybridized carbons (Fsp3) is 0.355. The molecule has 206 valence electrons. The molecule has 2 amide bonds. The van der Waals surface area contributed by atoms with E-state index in [1.807, 2.05) is 67.6 Å². The van der Waals surface area contributed by atoms with Crippen LogP contribution in [0.2, 0.25) is 10.0 Å². The van der Waals surface area contributed by atoms with Gasteiger partial charge >= 0.3 is 0 Å². The van der Waals surface area contributed by atoms with Gasteiger partial charge in [-0.2, -0.15) is 0 Å². The summed E-state index contributed by atoms with van der Waals surface area (Å²) in [7, 11) is 1.78. The predicted octanol–water partition coefficient (Wildman–Crippen LogP) is 5.96. The fourth-order valence-electron chi connectivity index (χ4n) is 4.68. The topological polar surface area (TPSA) is 59.1 Å². The molecule has 0 spiro atoms. The molecule has 0 aromatic heterocycles. The first kappa shape index (κ1) is 28.9. The summed E-state index contributed by atoms with van der Waals surface area (Å²) in [6.45, 7) is 3.53. The lowest BCUT2D eigenvalue weighted by molar-refractivity contribution is -0.165. The van der Waals surface area contributed by atoms with Crippen molar-refractivity contribution in [1.29, 1.82) is 0 Å². The lowest BCUT2D eigenvalue weighted by Gasteiger charge is -2.42. The Kier molecular flexibility index (Phi) is 9.89. The summed E-state index contributed by atoms with van der Waals surface area (Å²) in [5.74, 6) is 0.544. The van der Waals surface area contributed by atoms with E-state index in [2.05, 4.69) is 0 Å². The van der Waals surface area contributed by atoms with E-state index in [4.69, 9.17) is 32.7 Å². The van der Waals surface area contributed by atoms with E-state index >= 15 is 0 Å². The van der Waals surface area contributed by atoms with Gasteiger partial charge in [-0.1, -0.05) is 71.7 Å². The predicted molar refractivity (Wildman–Crippen MR) is 154 cm³/mol. The van der Waals surface area contributed by atoms with E-state index in [0.717, 1.165) is 16.7 Å². The molecule has 3 aromatic carbocycles. The fourth-order valence-corrected chi connectivity index (χ4v) is 5.03. The number of nitrogens with zero attached hydrogens (tertiary/aromatic N) is 2. The number of ether oxygens (including phenoxy) is 2. The molecule has 39 heavy (non-hydrogen) atoms. The molecule has 4 rings (SSSR count). The lowest BCUT2D eigenvalue weighted by atomic mass is 9.96. The van der Waals surface area contributed by atoms with Gasteiger partial charge in [0.25, 0.3) is 0 Å². The van der Waals surface area contributed by atoms with E-state index < -0.39 is 5.60 Å². The zero-order chi connectivity index (χ0) is 27.8. The highest BCUT2D eigenvalue weighted by molar-refractivity contribution is 6.31. The summed E-state index contributed by atoms with van der Waals surface area (Å²) in [4.78, 5) is 30.1. The Labute approximate surface area is 240 Å². The average molecular weight is 570 g/mol. The van der Waals surface area contributed by atoms with Crippen LogP contribution in [-0.2, 0) is 27.3 Å². The lowest BCUT2D eigenvalue weighted by Crippen LogP contribution is -2.58. The highest BCUT2D eigenvalue weighted by Crippen LogP contribution is 2.28. The molecule has 0 N–H and O–H groups in total. The van der Waals surface area contributed by atoms with Crippen molar-refractivity contribution in [2.24, 2.45) is 0 Å². The molecule has 0 saturated carbocycles. The molecule has 1 saturated heterocycles. The number of benzene rings is 3. The second-order valence-corrected chi connectivity index (χ2v) is 10.9. The first-order chi connectivity index (χ1) is 18.7. The normalized spacial score (nSPS) is 17.1. The Morgan fingerprint density at radius 2 is 1.77 bits per heavy atom. The second kappa shape index (κ2) is 13.3. The number of aryl methyl sites for hydroxylation is 2. The van der Waals surface area contributed by atoms with Crippen LogP contribution in [0.25, 0.3) is 0 Å². The number of hydrogen-bond donors (Lipinski definition) is 0. The van der Waals surface area contributed by atoms with Crippen molar-refractivity contribution in [3.63, 3.8) is 0 Å². The Bertz CT molecular complexity index is 1290. The average Bonchev–Trinajstić information content (AvgIpc) is 2.94. The largest absolute Gasteiger partial charge is 0.490 e. The van der Waals surface area contributed by atoms with Crippen molar-refractivity contribution in [2.75, 3.05) is 33.4 Å². The summed E-state index contributed by atoms with van der Waals surface area (Å²) in [5.41, 5.74) is 1.87. The Hall–Kier alpha value is -3.06. The quantitative estimate of drug-likeness (QED) is 0.303. The standard InChI is InChI=1S/C31H34Cl2N2O4/c1-23-18-26(13-14-27(23)32)38-22-31(19-30(37)34(2)20-24-8-4-3-5-9-24)21-35(16-17-39-31)29(36)15-12-25-10-6-7-11-28(25)33/h3-11,13-14,18H,12,15-17,19-22H2,1-2H3/t31-/m1/s1. The molecule has 6 nitrogen and oxygen atoms in total. The molecule has 1 fully saturated rings. The van der Waals surface area contributed by atoms with Crippen molar-refractivity contribution in [3.8, 4) is 5.75 Å². The van der Waals surface area contributed by atoms with Crippen LogP contribution in [0.15, 0.2) is 72.8 Å². The minimum absolute atomic E-state index is 0.00461. The number of carbonyl (C=O) groups excluding carboxylic acids is 2. The van der Waals surface area contributed by atoms with Crippen LogP contribution in [-0.4, -0.2) is 60.6 Å². The molecule has 0 aliphatic carbocycles. The van der Waals surface area contributed by atoms with E-state index in [-0.39, 0.29) is 31.4 Å². The molecule has 0 unspecified atom stereocenters. The first-order valence-corrected chi connectivity index (χ1v) is 13.8. The van der Waals surface area contributed by atoms with Gasteiger partial charge in [0.2, 0.25) is 11.8 Å². The number of halogens is 2. The van der Waals surface area contributed by atoms with Crippen molar-refractivity contribution in [2.45, 2.75) is 38.3 Å². The van der Waals surface area contributed by atoms with Crippen LogP contribution in [0.3, 0.4) is 0 Å². The molecular formula is C31H34Cl2N2O4. The van der Waals surface area contributed by atoms with Crippen LogP contribution < -0.4 is 4.74 Å². The molecule has 1 atom stereocenters. The van der Waals surface area contributed by atoms with Crippen LogP contribution in [0.1, 0.15) is 29.5 Å². The monoisotopic (exact) mass is 568 g/mol. The zero-order valence-electron chi connectivity index (χ0n) is 22.4. The molecule has 1 aliphatic rings. The summed E-state index contributed by atoms with van der Waals surface area (Å²) < 4.78 is 12.4. The summed E-state index contributed by atoms with van der Waals surface area (Å²) in [6.07, 6.45) is 0.943. The molecule has 1 aliphatic heterocycles. The van der Waals surface area contributed by atoms with Crippen molar-refractivity contribution in [1.82, 2.24) is 9.80 Å². The Balaban J connectivity index is 1.48. The third-order valence-corrected chi connectivity index (χ3v) is 7.75. The van der Waals surface area contributed by atoms with E-state index in [0.29, 0.717) is 48.3 Å². The maximum atomic E-state index is 13.4. The van der Waals surface area contributed by atoms with Gasteiger partial charge in [-0.05, 0) is 54.3 Å². The highest BCUT2D eigenvalue weighted by Gasteiger charge is 2.42. The smallest absolute Gasteiger partial charge is 0.225 e. The van der Waals surface area contributed by atoms with Gasteiger partial charge in [0.05, 0.1) is 19.6 Å². The number of hydrogen-bond acceptors (Lipinski definition) is 4. The van der Waals surface area contributed by atoms with Gasteiger partial charge in [0.15, 0.2) is 0 Å². The molecule has 0 radical (unpaired) electrons. The molecule has 1 heterocycles. The summed E-state index contributed by atoms with van der Waals surface area (Å²) >= 11 is 12.5. The maximum Gasteiger partial charge on any atom is 0.225 e. The molecule has 3 aromatic rings. The first-order valence-electron chi connectivity index (χ1n) is 13.1. The van der Waals surface area contributed by atoms with E-state index in [1.165, 1.54) is 0 Å². The number of morpholine rings is 1.